The monoisotopic (exact) mass is 240 g/mol. The van der Waals surface area contributed by atoms with Gasteiger partial charge < -0.3 is 9.29 Å². The molecule has 0 amide bonds. The van der Waals surface area contributed by atoms with Gasteiger partial charge >= 0.3 is 0 Å². The summed E-state index contributed by atoms with van der Waals surface area (Å²) in [6.07, 6.45) is 1.69. The van der Waals surface area contributed by atoms with E-state index >= 15 is 0 Å². The Morgan fingerprint density at radius 3 is 2.94 bits per heavy atom. The molecule has 0 radical (unpaired) electrons. The van der Waals surface area contributed by atoms with Gasteiger partial charge in [0.25, 0.3) is 0 Å². The lowest BCUT2D eigenvalue weighted by Crippen LogP contribution is -2.18. The molecule has 1 aromatic rings. The molecule has 1 aromatic carbocycles. The summed E-state index contributed by atoms with van der Waals surface area (Å²) in [7, 11) is -2.02. The average molecular weight is 240 g/mol. The Morgan fingerprint density at radius 2 is 2.31 bits per heavy atom. The Balaban J connectivity index is 2.68. The SMILES string of the molecule is CC[N+]1=Cc2cc(OC)ccc2S(=O)([O-])=N1. The molecule has 0 fully saturated rings. The summed E-state index contributed by atoms with van der Waals surface area (Å²) in [4.78, 5) is 0.220. The van der Waals surface area contributed by atoms with E-state index in [-0.39, 0.29) is 4.90 Å². The summed E-state index contributed by atoms with van der Waals surface area (Å²) in [6, 6.07) is 4.81. The fraction of sp³-hybridized carbons (Fsp3) is 0.300. The average Bonchev–Trinajstić information content (AvgIpc) is 2.27. The molecule has 0 aliphatic carbocycles. The highest BCUT2D eigenvalue weighted by Crippen LogP contribution is 2.23. The van der Waals surface area contributed by atoms with E-state index in [1.807, 2.05) is 6.92 Å². The summed E-state index contributed by atoms with van der Waals surface area (Å²) < 4.78 is 33.6. The first kappa shape index (κ1) is 11.1. The number of benzene rings is 1. The number of hydrogen-bond acceptors (Lipinski definition) is 4. The molecule has 0 saturated carbocycles. The minimum atomic E-state index is -3.56. The molecule has 1 atom stereocenters. The zero-order valence-electron chi connectivity index (χ0n) is 9.04. The van der Waals surface area contributed by atoms with Crippen molar-refractivity contribution < 1.29 is 18.2 Å². The van der Waals surface area contributed by atoms with Crippen LogP contribution in [0.5, 0.6) is 5.75 Å². The van der Waals surface area contributed by atoms with Crippen LogP contribution in [-0.2, 0) is 10.0 Å². The van der Waals surface area contributed by atoms with Crippen LogP contribution in [0, 0.1) is 0 Å². The molecular weight excluding hydrogens is 228 g/mol. The minimum Gasteiger partial charge on any atom is -0.756 e. The van der Waals surface area contributed by atoms with E-state index in [1.165, 1.54) is 10.8 Å². The minimum absolute atomic E-state index is 0.220. The van der Waals surface area contributed by atoms with E-state index < -0.39 is 10.0 Å². The van der Waals surface area contributed by atoms with Gasteiger partial charge in [-0.05, 0) is 25.1 Å². The summed E-state index contributed by atoms with van der Waals surface area (Å²) >= 11 is 0. The highest BCUT2D eigenvalue weighted by Gasteiger charge is 2.18. The van der Waals surface area contributed by atoms with Crippen molar-refractivity contribution in [3.63, 3.8) is 0 Å². The second kappa shape index (κ2) is 3.88. The van der Waals surface area contributed by atoms with E-state index in [4.69, 9.17) is 4.74 Å². The van der Waals surface area contributed by atoms with E-state index in [0.717, 1.165) is 0 Å². The van der Waals surface area contributed by atoms with Crippen molar-refractivity contribution in [1.82, 2.24) is 0 Å². The molecule has 1 unspecified atom stereocenters. The standard InChI is InChI=1S/C10H12N2O3S/c1-3-12-7-8-6-9(15-2)4-5-10(8)16(13,14)11-12/h4-7H,3H2,1-2H3. The van der Waals surface area contributed by atoms with Crippen LogP contribution in [-0.4, -0.2) is 33.3 Å². The van der Waals surface area contributed by atoms with Crippen LogP contribution >= 0.6 is 0 Å². The number of rotatable bonds is 2. The van der Waals surface area contributed by atoms with Gasteiger partial charge in [-0.15, -0.1) is 0 Å². The van der Waals surface area contributed by atoms with Gasteiger partial charge in [0.1, 0.15) is 5.75 Å². The van der Waals surface area contributed by atoms with Gasteiger partial charge in [-0.3, -0.25) is 4.21 Å². The molecule has 0 N–H and O–H groups in total. The Hall–Kier alpha value is -1.40. The Kier molecular flexibility index (Phi) is 2.69. The van der Waals surface area contributed by atoms with Gasteiger partial charge in [0.05, 0.1) is 27.6 Å². The second-order valence-corrected chi connectivity index (χ2v) is 4.90. The molecule has 0 saturated heterocycles. The Labute approximate surface area is 94.4 Å². The van der Waals surface area contributed by atoms with Crippen LogP contribution in [0.4, 0.5) is 0 Å². The largest absolute Gasteiger partial charge is 0.756 e. The summed E-state index contributed by atoms with van der Waals surface area (Å²) in [5.41, 5.74) is 0.608. The smallest absolute Gasteiger partial charge is 0.205 e. The number of ether oxygens (including phenoxy) is 1. The van der Waals surface area contributed by atoms with Gasteiger partial charge in [-0.2, -0.15) is 0 Å². The van der Waals surface area contributed by atoms with Gasteiger partial charge in [0.2, 0.25) is 6.21 Å². The third-order valence-corrected chi connectivity index (χ3v) is 3.67. The first-order valence-electron chi connectivity index (χ1n) is 4.84. The Bertz CT molecular complexity index is 571. The zero-order valence-corrected chi connectivity index (χ0v) is 9.86. The van der Waals surface area contributed by atoms with Crippen LogP contribution in [0.25, 0.3) is 0 Å². The molecule has 6 heteroatoms. The van der Waals surface area contributed by atoms with E-state index in [0.29, 0.717) is 17.9 Å². The molecule has 0 bridgehead atoms. The second-order valence-electron chi connectivity index (χ2n) is 3.35. The lowest BCUT2D eigenvalue weighted by atomic mass is 10.2. The highest BCUT2D eigenvalue weighted by molar-refractivity contribution is 7.88. The van der Waals surface area contributed by atoms with Crippen LogP contribution in [0.2, 0.25) is 0 Å². The predicted molar refractivity (Wildman–Crippen MR) is 58.6 cm³/mol. The van der Waals surface area contributed by atoms with Crippen LogP contribution < -0.4 is 4.74 Å². The van der Waals surface area contributed by atoms with Gasteiger partial charge in [-0.25, -0.2) is 0 Å². The molecular formula is C10H12N2O3S. The van der Waals surface area contributed by atoms with E-state index in [9.17, 15) is 8.76 Å². The topological polar surface area (TPSA) is 64.7 Å². The summed E-state index contributed by atoms with van der Waals surface area (Å²) in [5, 5.41) is 0. The number of hydrogen-bond donors (Lipinski definition) is 0. The third-order valence-electron chi connectivity index (χ3n) is 2.32. The normalized spacial score (nSPS) is 23.1. The third kappa shape index (κ3) is 1.81. The molecule has 86 valence electrons. The molecule has 5 nitrogen and oxygen atoms in total. The van der Waals surface area contributed by atoms with Gasteiger partial charge in [0.15, 0.2) is 6.54 Å². The number of nitrogens with zero attached hydrogens (tertiary/aromatic N) is 2. The molecule has 1 aliphatic heterocycles. The fourth-order valence-electron chi connectivity index (χ4n) is 1.50. The predicted octanol–water partition coefficient (Wildman–Crippen LogP) is 1.03. The summed E-state index contributed by atoms with van der Waals surface area (Å²) in [6.45, 7) is 2.34. The van der Waals surface area contributed by atoms with Crippen molar-refractivity contribution in [2.75, 3.05) is 13.7 Å². The van der Waals surface area contributed by atoms with E-state index in [1.54, 1.807) is 25.5 Å². The van der Waals surface area contributed by atoms with Crippen molar-refractivity contribution in [3.05, 3.63) is 23.8 Å². The molecule has 16 heavy (non-hydrogen) atoms. The van der Waals surface area contributed by atoms with E-state index in [2.05, 4.69) is 4.47 Å². The molecule has 0 aromatic heterocycles. The van der Waals surface area contributed by atoms with Crippen molar-refractivity contribution in [1.29, 1.82) is 0 Å². The molecule has 0 spiro atoms. The number of fused-ring (bicyclic) bond motifs is 1. The van der Waals surface area contributed by atoms with Crippen LogP contribution in [0.15, 0.2) is 27.6 Å². The van der Waals surface area contributed by atoms with Gasteiger partial charge in [0, 0.05) is 4.47 Å². The van der Waals surface area contributed by atoms with Gasteiger partial charge in [-0.1, -0.05) is 4.68 Å². The maximum absolute atomic E-state index is 11.8. The van der Waals surface area contributed by atoms with Crippen molar-refractivity contribution in [3.8, 4) is 5.75 Å². The van der Waals surface area contributed by atoms with Crippen LogP contribution in [0.1, 0.15) is 12.5 Å². The molecule has 1 aliphatic rings. The number of methoxy groups -OCH3 is 1. The maximum Gasteiger partial charge on any atom is 0.205 e. The first-order chi connectivity index (χ1) is 7.56. The van der Waals surface area contributed by atoms with Crippen molar-refractivity contribution >= 4 is 16.2 Å². The molecule has 1 heterocycles. The highest BCUT2D eigenvalue weighted by atomic mass is 32.2. The van der Waals surface area contributed by atoms with Crippen LogP contribution in [0.3, 0.4) is 0 Å². The zero-order chi connectivity index (χ0) is 11.8. The quantitative estimate of drug-likeness (QED) is 0.725. The van der Waals surface area contributed by atoms with Crippen molar-refractivity contribution in [2.24, 2.45) is 4.47 Å². The molecule has 2 rings (SSSR count). The fourth-order valence-corrected chi connectivity index (χ4v) is 2.68. The summed E-state index contributed by atoms with van der Waals surface area (Å²) in [5.74, 6) is 0.628. The Morgan fingerprint density at radius 1 is 1.56 bits per heavy atom. The maximum atomic E-state index is 11.8. The first-order valence-corrected chi connectivity index (χ1v) is 6.28. The lowest BCUT2D eigenvalue weighted by molar-refractivity contribution is -0.523. The van der Waals surface area contributed by atoms with Crippen molar-refractivity contribution in [2.45, 2.75) is 11.8 Å². The lowest BCUT2D eigenvalue weighted by Gasteiger charge is -2.17.